The molecule has 0 unspecified atom stereocenters. The number of benzene rings is 1. The SMILES string of the molecule is C=CCN(C[C@@H]1CC(c2ccccc2OC)=NO1)C(=O)Cc1cccs1. The van der Waals surface area contributed by atoms with E-state index in [4.69, 9.17) is 9.57 Å². The van der Waals surface area contributed by atoms with E-state index in [2.05, 4.69) is 11.7 Å². The fourth-order valence-corrected chi connectivity index (χ4v) is 3.62. The second-order valence-electron chi connectivity index (χ2n) is 6.01. The van der Waals surface area contributed by atoms with Crippen LogP contribution >= 0.6 is 11.3 Å². The quantitative estimate of drug-likeness (QED) is 0.668. The summed E-state index contributed by atoms with van der Waals surface area (Å²) in [5.41, 5.74) is 1.77. The van der Waals surface area contributed by atoms with Crippen LogP contribution in [0.25, 0.3) is 0 Å². The molecule has 0 spiro atoms. The number of ether oxygens (including phenoxy) is 1. The Labute approximate surface area is 157 Å². The van der Waals surface area contributed by atoms with Crippen molar-refractivity contribution >= 4 is 23.0 Å². The molecule has 1 aliphatic rings. The second kappa shape index (κ2) is 8.67. The Hall–Kier alpha value is -2.60. The van der Waals surface area contributed by atoms with Gasteiger partial charge in [0.2, 0.25) is 5.91 Å². The summed E-state index contributed by atoms with van der Waals surface area (Å²) in [6.07, 6.45) is 2.62. The number of para-hydroxylation sites is 1. The number of carbonyl (C=O) groups is 1. The van der Waals surface area contributed by atoms with E-state index in [1.54, 1.807) is 29.4 Å². The molecule has 3 rings (SSSR count). The van der Waals surface area contributed by atoms with Gasteiger partial charge in [0.25, 0.3) is 0 Å². The third-order valence-electron chi connectivity index (χ3n) is 4.18. The molecule has 26 heavy (non-hydrogen) atoms. The predicted octanol–water partition coefficient (Wildman–Crippen LogP) is 3.51. The van der Waals surface area contributed by atoms with Crippen LogP contribution in [0.4, 0.5) is 0 Å². The average molecular weight is 370 g/mol. The maximum atomic E-state index is 12.6. The van der Waals surface area contributed by atoms with Crippen molar-refractivity contribution in [2.75, 3.05) is 20.2 Å². The summed E-state index contributed by atoms with van der Waals surface area (Å²) in [4.78, 5) is 21.0. The van der Waals surface area contributed by atoms with Gasteiger partial charge in [0.05, 0.1) is 25.8 Å². The van der Waals surface area contributed by atoms with Crippen LogP contribution in [0.15, 0.2) is 59.6 Å². The molecular formula is C20H22N2O3S. The van der Waals surface area contributed by atoms with E-state index in [0.29, 0.717) is 25.9 Å². The van der Waals surface area contributed by atoms with Crippen molar-refractivity contribution in [2.24, 2.45) is 5.16 Å². The zero-order valence-electron chi connectivity index (χ0n) is 14.8. The van der Waals surface area contributed by atoms with E-state index in [9.17, 15) is 4.79 Å². The van der Waals surface area contributed by atoms with E-state index >= 15 is 0 Å². The largest absolute Gasteiger partial charge is 0.496 e. The summed E-state index contributed by atoms with van der Waals surface area (Å²) in [6.45, 7) is 4.74. The number of amides is 1. The lowest BCUT2D eigenvalue weighted by Crippen LogP contribution is -2.38. The van der Waals surface area contributed by atoms with Crippen LogP contribution in [0, 0.1) is 0 Å². The third-order valence-corrected chi connectivity index (χ3v) is 5.06. The van der Waals surface area contributed by atoms with E-state index in [-0.39, 0.29) is 12.0 Å². The summed E-state index contributed by atoms with van der Waals surface area (Å²) >= 11 is 1.59. The van der Waals surface area contributed by atoms with Gasteiger partial charge in [-0.15, -0.1) is 17.9 Å². The van der Waals surface area contributed by atoms with E-state index in [0.717, 1.165) is 21.9 Å². The highest BCUT2D eigenvalue weighted by atomic mass is 32.1. The molecule has 2 heterocycles. The maximum absolute atomic E-state index is 12.6. The molecule has 2 aromatic rings. The molecule has 0 radical (unpaired) electrons. The lowest BCUT2D eigenvalue weighted by molar-refractivity contribution is -0.131. The molecule has 0 aliphatic carbocycles. The lowest BCUT2D eigenvalue weighted by Gasteiger charge is -2.23. The standard InChI is InChI=1S/C20H22N2O3S/c1-3-10-22(20(23)13-16-7-6-11-26-16)14-15-12-18(21-25-15)17-8-4-5-9-19(17)24-2/h3-9,11,15H,1,10,12-14H2,2H3/t15-/m0/s1. The number of rotatable bonds is 8. The van der Waals surface area contributed by atoms with Gasteiger partial charge >= 0.3 is 0 Å². The second-order valence-corrected chi connectivity index (χ2v) is 7.05. The number of hydrogen-bond acceptors (Lipinski definition) is 5. The van der Waals surface area contributed by atoms with Crippen LogP contribution in [-0.4, -0.2) is 42.8 Å². The van der Waals surface area contributed by atoms with Crippen LogP contribution in [0.3, 0.4) is 0 Å². The molecule has 0 fully saturated rings. The normalized spacial score (nSPS) is 15.9. The Morgan fingerprint density at radius 3 is 3.00 bits per heavy atom. The summed E-state index contributed by atoms with van der Waals surface area (Å²) in [7, 11) is 1.64. The minimum atomic E-state index is -0.165. The molecule has 1 aromatic carbocycles. The van der Waals surface area contributed by atoms with Crippen LogP contribution in [0.5, 0.6) is 5.75 Å². The van der Waals surface area contributed by atoms with Crippen molar-refractivity contribution in [1.82, 2.24) is 4.90 Å². The van der Waals surface area contributed by atoms with Crippen molar-refractivity contribution in [2.45, 2.75) is 18.9 Å². The van der Waals surface area contributed by atoms with Crippen molar-refractivity contribution in [3.05, 3.63) is 64.9 Å². The van der Waals surface area contributed by atoms with Gasteiger partial charge in [0.1, 0.15) is 5.75 Å². The van der Waals surface area contributed by atoms with Gasteiger partial charge in [0.15, 0.2) is 6.10 Å². The van der Waals surface area contributed by atoms with Crippen molar-refractivity contribution < 1.29 is 14.4 Å². The molecule has 1 amide bonds. The molecule has 1 aromatic heterocycles. The molecular weight excluding hydrogens is 348 g/mol. The van der Waals surface area contributed by atoms with Crippen LogP contribution in [0.1, 0.15) is 16.9 Å². The van der Waals surface area contributed by atoms with Gasteiger partial charge in [-0.05, 0) is 23.6 Å². The van der Waals surface area contributed by atoms with E-state index in [1.165, 1.54) is 0 Å². The Kier molecular flexibility index (Phi) is 6.07. The van der Waals surface area contributed by atoms with Crippen molar-refractivity contribution in [3.8, 4) is 5.75 Å². The number of thiophene rings is 1. The fourth-order valence-electron chi connectivity index (χ4n) is 2.92. The predicted molar refractivity (Wildman–Crippen MR) is 104 cm³/mol. The fraction of sp³-hybridized carbons (Fsp3) is 0.300. The number of hydrogen-bond donors (Lipinski definition) is 0. The molecule has 136 valence electrons. The zero-order valence-corrected chi connectivity index (χ0v) is 15.6. The topological polar surface area (TPSA) is 51.1 Å². The van der Waals surface area contributed by atoms with Gasteiger partial charge in [-0.25, -0.2) is 0 Å². The summed E-state index contributed by atoms with van der Waals surface area (Å²) in [6, 6.07) is 11.7. The van der Waals surface area contributed by atoms with E-state index < -0.39 is 0 Å². The molecule has 0 N–H and O–H groups in total. The zero-order chi connectivity index (χ0) is 18.4. The number of oxime groups is 1. The maximum Gasteiger partial charge on any atom is 0.228 e. The van der Waals surface area contributed by atoms with Gasteiger partial charge in [-0.2, -0.15) is 0 Å². The van der Waals surface area contributed by atoms with Gasteiger partial charge in [-0.1, -0.05) is 29.4 Å². The number of nitrogens with zero attached hydrogens (tertiary/aromatic N) is 2. The first-order chi connectivity index (χ1) is 12.7. The first kappa shape index (κ1) is 18.2. The minimum Gasteiger partial charge on any atom is -0.496 e. The molecule has 0 saturated heterocycles. The third kappa shape index (κ3) is 4.32. The Morgan fingerprint density at radius 2 is 2.27 bits per heavy atom. The van der Waals surface area contributed by atoms with E-state index in [1.807, 2.05) is 41.8 Å². The number of methoxy groups -OCH3 is 1. The van der Waals surface area contributed by atoms with Crippen LogP contribution in [-0.2, 0) is 16.1 Å². The monoisotopic (exact) mass is 370 g/mol. The average Bonchev–Trinajstić information content (AvgIpc) is 3.33. The molecule has 1 atom stereocenters. The number of carbonyl (C=O) groups excluding carboxylic acids is 1. The summed E-state index contributed by atoms with van der Waals surface area (Å²) in [5, 5.41) is 6.20. The van der Waals surface area contributed by atoms with Crippen molar-refractivity contribution in [3.63, 3.8) is 0 Å². The summed E-state index contributed by atoms with van der Waals surface area (Å²) in [5.74, 6) is 0.842. The van der Waals surface area contributed by atoms with Crippen molar-refractivity contribution in [1.29, 1.82) is 0 Å². The van der Waals surface area contributed by atoms with Crippen LogP contribution < -0.4 is 4.74 Å². The Bertz CT molecular complexity index is 786. The van der Waals surface area contributed by atoms with Crippen LogP contribution in [0.2, 0.25) is 0 Å². The first-order valence-electron chi connectivity index (χ1n) is 8.48. The molecule has 6 heteroatoms. The Balaban J connectivity index is 1.62. The summed E-state index contributed by atoms with van der Waals surface area (Å²) < 4.78 is 5.40. The minimum absolute atomic E-state index is 0.0710. The highest BCUT2D eigenvalue weighted by Crippen LogP contribution is 2.25. The van der Waals surface area contributed by atoms with Gasteiger partial charge in [0, 0.05) is 23.4 Å². The molecule has 0 saturated carbocycles. The first-order valence-corrected chi connectivity index (χ1v) is 9.36. The lowest BCUT2D eigenvalue weighted by atomic mass is 10.0. The highest BCUT2D eigenvalue weighted by Gasteiger charge is 2.27. The highest BCUT2D eigenvalue weighted by molar-refractivity contribution is 7.10. The molecule has 5 nitrogen and oxygen atoms in total. The Morgan fingerprint density at radius 1 is 1.42 bits per heavy atom. The van der Waals surface area contributed by atoms with Gasteiger partial charge < -0.3 is 14.5 Å². The smallest absolute Gasteiger partial charge is 0.228 e. The molecule has 0 bridgehead atoms. The molecule has 1 aliphatic heterocycles. The van der Waals surface area contributed by atoms with Gasteiger partial charge in [-0.3, -0.25) is 4.79 Å².